The average Bonchev–Trinajstić information content (AvgIpc) is 3.36. The minimum Gasteiger partial charge on any atom is -0.366 e. The van der Waals surface area contributed by atoms with Crippen molar-refractivity contribution in [3.63, 3.8) is 0 Å². The Morgan fingerprint density at radius 2 is 1.93 bits per heavy atom. The van der Waals surface area contributed by atoms with Gasteiger partial charge < -0.3 is 20.6 Å². The van der Waals surface area contributed by atoms with Crippen molar-refractivity contribution in [3.05, 3.63) is 72.8 Å². The molecule has 0 aliphatic rings. The molecule has 3 heterocycles. The second-order valence-electron chi connectivity index (χ2n) is 6.24. The van der Waals surface area contributed by atoms with Gasteiger partial charge in [-0.25, -0.2) is 9.97 Å². The number of benzene rings is 2. The van der Waals surface area contributed by atoms with Crippen molar-refractivity contribution in [2.24, 2.45) is 0 Å². The highest BCUT2D eigenvalue weighted by molar-refractivity contribution is 5.93. The third-order valence-corrected chi connectivity index (χ3v) is 4.46. The zero-order valence-corrected chi connectivity index (χ0v) is 14.4. The van der Waals surface area contributed by atoms with Crippen LogP contribution >= 0.6 is 0 Å². The molecule has 2 aromatic carbocycles. The number of H-pyrrole nitrogens is 2. The third kappa shape index (κ3) is 3.06. The number of fused-ring (bicyclic) bond motifs is 2. The molecule has 5 aromatic rings. The van der Waals surface area contributed by atoms with Gasteiger partial charge in [0.05, 0.1) is 23.0 Å². The topological polar surface area (TPSA) is 94.3 Å². The van der Waals surface area contributed by atoms with Gasteiger partial charge in [-0.2, -0.15) is 4.98 Å². The van der Waals surface area contributed by atoms with Crippen molar-refractivity contribution >= 4 is 39.4 Å². The minimum absolute atomic E-state index is 0.553. The lowest BCUT2D eigenvalue weighted by Gasteiger charge is -2.09. The smallest absolute Gasteiger partial charge is 0.229 e. The quantitative estimate of drug-likeness (QED) is 0.379. The molecular formula is C20H17N7. The Labute approximate surface area is 154 Å². The Balaban J connectivity index is 1.33. The van der Waals surface area contributed by atoms with Crippen molar-refractivity contribution in [1.82, 2.24) is 24.9 Å². The molecule has 0 amide bonds. The Kier molecular flexibility index (Phi) is 3.68. The second kappa shape index (κ2) is 6.45. The summed E-state index contributed by atoms with van der Waals surface area (Å²) in [5.41, 5.74) is 5.18. The van der Waals surface area contributed by atoms with Crippen LogP contribution in [-0.2, 0) is 6.54 Å². The second-order valence-corrected chi connectivity index (χ2v) is 6.24. The van der Waals surface area contributed by atoms with Gasteiger partial charge in [0.25, 0.3) is 0 Å². The number of aromatic nitrogens is 5. The van der Waals surface area contributed by atoms with Gasteiger partial charge in [-0.15, -0.1) is 0 Å². The van der Waals surface area contributed by atoms with Crippen LogP contribution in [0.25, 0.3) is 21.9 Å². The summed E-state index contributed by atoms with van der Waals surface area (Å²) in [7, 11) is 0. The number of nitrogens with one attached hydrogen (secondary N) is 4. The van der Waals surface area contributed by atoms with Crippen LogP contribution in [0.4, 0.5) is 17.5 Å². The maximum atomic E-state index is 4.56. The Morgan fingerprint density at radius 3 is 2.93 bits per heavy atom. The Morgan fingerprint density at radius 1 is 0.926 bits per heavy atom. The molecule has 0 atom stereocenters. The number of hydrogen-bond donors (Lipinski definition) is 4. The number of imidazole rings is 1. The first-order chi connectivity index (χ1) is 13.3. The van der Waals surface area contributed by atoms with E-state index in [0.717, 1.165) is 39.0 Å². The fraction of sp³-hybridized carbons (Fsp3) is 0.0500. The lowest BCUT2D eigenvalue weighted by Crippen LogP contribution is -2.04. The van der Waals surface area contributed by atoms with E-state index >= 15 is 0 Å². The van der Waals surface area contributed by atoms with Gasteiger partial charge >= 0.3 is 0 Å². The van der Waals surface area contributed by atoms with Crippen LogP contribution in [0, 0.1) is 0 Å². The summed E-state index contributed by atoms with van der Waals surface area (Å²) in [6.07, 6.45) is 5.37. The number of aromatic amines is 2. The van der Waals surface area contributed by atoms with E-state index in [0.29, 0.717) is 12.5 Å². The van der Waals surface area contributed by atoms with Crippen molar-refractivity contribution in [2.45, 2.75) is 6.54 Å². The zero-order chi connectivity index (χ0) is 18.1. The number of rotatable bonds is 5. The van der Waals surface area contributed by atoms with Gasteiger partial charge in [0.1, 0.15) is 5.82 Å². The van der Waals surface area contributed by atoms with Crippen LogP contribution in [-0.4, -0.2) is 24.9 Å². The molecule has 5 rings (SSSR count). The fourth-order valence-corrected chi connectivity index (χ4v) is 3.12. The molecule has 4 N–H and O–H groups in total. The van der Waals surface area contributed by atoms with E-state index in [1.54, 1.807) is 12.5 Å². The van der Waals surface area contributed by atoms with Crippen LogP contribution in [0.15, 0.2) is 67.3 Å². The monoisotopic (exact) mass is 355 g/mol. The first-order valence-electron chi connectivity index (χ1n) is 8.67. The highest BCUT2D eigenvalue weighted by Gasteiger charge is 2.05. The molecule has 27 heavy (non-hydrogen) atoms. The van der Waals surface area contributed by atoms with Crippen LogP contribution in [0.2, 0.25) is 0 Å². The van der Waals surface area contributed by atoms with E-state index in [1.807, 2.05) is 42.6 Å². The molecule has 0 aliphatic heterocycles. The summed E-state index contributed by atoms with van der Waals surface area (Å²) in [5.74, 6) is 1.32. The first-order valence-corrected chi connectivity index (χ1v) is 8.67. The Hall–Kier alpha value is -3.87. The highest BCUT2D eigenvalue weighted by atomic mass is 15.1. The van der Waals surface area contributed by atoms with Gasteiger partial charge in [-0.1, -0.05) is 12.1 Å². The Bertz CT molecular complexity index is 1220. The van der Waals surface area contributed by atoms with Crippen LogP contribution in [0.3, 0.4) is 0 Å². The summed E-state index contributed by atoms with van der Waals surface area (Å²) >= 11 is 0. The molecule has 0 aliphatic carbocycles. The molecule has 0 saturated heterocycles. The molecule has 0 saturated carbocycles. The third-order valence-electron chi connectivity index (χ3n) is 4.46. The molecule has 3 aromatic heterocycles. The maximum Gasteiger partial charge on any atom is 0.229 e. The average molecular weight is 355 g/mol. The molecule has 0 fully saturated rings. The fourth-order valence-electron chi connectivity index (χ4n) is 3.12. The molecule has 0 bridgehead atoms. The molecule has 0 spiro atoms. The summed E-state index contributed by atoms with van der Waals surface area (Å²) in [6, 6.07) is 16.1. The van der Waals surface area contributed by atoms with Crippen LogP contribution < -0.4 is 10.6 Å². The lowest BCUT2D eigenvalue weighted by molar-refractivity contribution is 1.09. The number of anilines is 3. The molecule has 7 heteroatoms. The molecule has 7 nitrogen and oxygen atoms in total. The predicted octanol–water partition coefficient (Wildman–Crippen LogP) is 4.19. The first kappa shape index (κ1) is 15.4. The predicted molar refractivity (Wildman–Crippen MR) is 107 cm³/mol. The van der Waals surface area contributed by atoms with E-state index in [-0.39, 0.29) is 0 Å². The van der Waals surface area contributed by atoms with Crippen molar-refractivity contribution in [1.29, 1.82) is 0 Å². The summed E-state index contributed by atoms with van der Waals surface area (Å²) in [5, 5.41) is 7.75. The highest BCUT2D eigenvalue weighted by Crippen LogP contribution is 2.24. The number of nitrogens with zero attached hydrogens (tertiary/aromatic N) is 3. The summed E-state index contributed by atoms with van der Waals surface area (Å²) in [6.45, 7) is 0.665. The zero-order valence-electron chi connectivity index (χ0n) is 14.4. The molecule has 132 valence electrons. The van der Waals surface area contributed by atoms with E-state index in [4.69, 9.17) is 0 Å². The van der Waals surface area contributed by atoms with Gasteiger partial charge in [0, 0.05) is 29.8 Å². The summed E-state index contributed by atoms with van der Waals surface area (Å²) in [4.78, 5) is 19.5. The molecule has 0 radical (unpaired) electrons. The summed E-state index contributed by atoms with van der Waals surface area (Å²) < 4.78 is 0. The van der Waals surface area contributed by atoms with Crippen LogP contribution in [0.1, 0.15) is 5.56 Å². The standard InChI is InChI=1S/C20H17N7/c1-2-15-14(6-8-21-15)16(3-1)26-20-22-9-7-19(27-20)23-11-13-4-5-17-18(10-13)25-12-24-17/h1-10,12,21H,11H2,(H,24,25)(H2,22,23,26,27). The SMILES string of the molecule is c1cc(Nc2nccc(NCc3ccc4nc[nH]c4c3)n2)c2cc[nH]c2c1. The molecular weight excluding hydrogens is 338 g/mol. The van der Waals surface area contributed by atoms with Crippen molar-refractivity contribution < 1.29 is 0 Å². The van der Waals surface area contributed by atoms with E-state index in [9.17, 15) is 0 Å². The normalized spacial score (nSPS) is 11.1. The van der Waals surface area contributed by atoms with Crippen LogP contribution in [0.5, 0.6) is 0 Å². The van der Waals surface area contributed by atoms with E-state index < -0.39 is 0 Å². The van der Waals surface area contributed by atoms with Gasteiger partial charge in [0.2, 0.25) is 5.95 Å². The maximum absolute atomic E-state index is 4.56. The van der Waals surface area contributed by atoms with E-state index in [1.165, 1.54) is 0 Å². The van der Waals surface area contributed by atoms with Gasteiger partial charge in [-0.3, -0.25) is 0 Å². The van der Waals surface area contributed by atoms with E-state index in [2.05, 4.69) is 47.7 Å². The van der Waals surface area contributed by atoms with Gasteiger partial charge in [0.15, 0.2) is 0 Å². The number of hydrogen-bond acceptors (Lipinski definition) is 5. The lowest BCUT2D eigenvalue weighted by atomic mass is 10.2. The molecule has 0 unspecified atom stereocenters. The van der Waals surface area contributed by atoms with Gasteiger partial charge in [-0.05, 0) is 42.0 Å². The van der Waals surface area contributed by atoms with Crippen molar-refractivity contribution in [3.8, 4) is 0 Å². The van der Waals surface area contributed by atoms with Crippen molar-refractivity contribution in [2.75, 3.05) is 10.6 Å². The largest absolute Gasteiger partial charge is 0.366 e. The minimum atomic E-state index is 0.553.